The Hall–Kier alpha value is -1.44. The monoisotopic (exact) mass is 461 g/mol. The van der Waals surface area contributed by atoms with E-state index in [0.29, 0.717) is 19.1 Å². The summed E-state index contributed by atoms with van der Waals surface area (Å²) in [5.74, 6) is 1.82. The van der Waals surface area contributed by atoms with Crippen LogP contribution in [-0.4, -0.2) is 62.6 Å². The van der Waals surface area contributed by atoms with Crippen molar-refractivity contribution in [3.8, 4) is 0 Å². The van der Waals surface area contributed by atoms with Crippen LogP contribution in [0.5, 0.6) is 0 Å². The summed E-state index contributed by atoms with van der Waals surface area (Å²) in [6, 6.07) is 9.01. The molecule has 2 heterocycles. The summed E-state index contributed by atoms with van der Waals surface area (Å²) in [6.07, 6.45) is 8.07. The molecule has 1 saturated carbocycles. The van der Waals surface area contributed by atoms with E-state index < -0.39 is 15.4 Å². The zero-order chi connectivity index (χ0) is 22.9. The van der Waals surface area contributed by atoms with Crippen LogP contribution in [-0.2, 0) is 26.8 Å². The number of hydrogen-bond donors (Lipinski definition) is 1. The molecule has 3 aliphatic rings. The highest BCUT2D eigenvalue weighted by molar-refractivity contribution is 7.88. The summed E-state index contributed by atoms with van der Waals surface area (Å²) in [6.45, 7) is 7.85. The molecule has 2 fully saturated rings. The quantitative estimate of drug-likeness (QED) is 0.707. The summed E-state index contributed by atoms with van der Waals surface area (Å²) < 4.78 is 25.5. The zero-order valence-corrected chi connectivity index (χ0v) is 20.7. The van der Waals surface area contributed by atoms with Gasteiger partial charge in [-0.1, -0.05) is 38.1 Å². The van der Waals surface area contributed by atoms with Crippen molar-refractivity contribution >= 4 is 15.9 Å². The standard InChI is InChI=1S/C25H39N3O3S/c1-19(2)20-8-10-22(11-9-20)27-15-12-25(13-16-27)23-7-5-4-6-21(23)18-28(24(25)29)17-14-26-32(3,30)31/h4-7,19-20,22,26H,8-18H2,1-3H3. The normalized spacial score (nSPS) is 26.5. The number of piperidine rings is 1. The number of fused-ring (bicyclic) bond motifs is 2. The third-order valence-corrected chi connectivity index (χ3v) is 8.92. The molecule has 1 aromatic rings. The van der Waals surface area contributed by atoms with Crippen molar-refractivity contribution in [3.63, 3.8) is 0 Å². The van der Waals surface area contributed by atoms with Gasteiger partial charge in [-0.2, -0.15) is 0 Å². The molecule has 1 spiro atoms. The molecular weight excluding hydrogens is 422 g/mol. The molecule has 1 saturated heterocycles. The predicted octanol–water partition coefficient (Wildman–Crippen LogP) is 3.13. The molecule has 1 aliphatic carbocycles. The van der Waals surface area contributed by atoms with Gasteiger partial charge in [0.15, 0.2) is 0 Å². The molecule has 1 aromatic carbocycles. The Morgan fingerprint density at radius 2 is 1.75 bits per heavy atom. The maximum Gasteiger partial charge on any atom is 0.233 e. The van der Waals surface area contributed by atoms with Crippen molar-refractivity contribution in [2.45, 2.75) is 70.4 Å². The number of likely N-dealkylation sites (tertiary alicyclic amines) is 1. The van der Waals surface area contributed by atoms with Crippen LogP contribution in [0, 0.1) is 11.8 Å². The van der Waals surface area contributed by atoms with E-state index in [1.54, 1.807) is 0 Å². The van der Waals surface area contributed by atoms with E-state index in [0.717, 1.165) is 44.0 Å². The van der Waals surface area contributed by atoms with Gasteiger partial charge < -0.3 is 9.80 Å². The first-order valence-electron chi connectivity index (χ1n) is 12.3. The van der Waals surface area contributed by atoms with Crippen molar-refractivity contribution in [1.82, 2.24) is 14.5 Å². The largest absolute Gasteiger partial charge is 0.336 e. The average molecular weight is 462 g/mol. The molecule has 1 amide bonds. The SMILES string of the molecule is CC(C)C1CCC(N2CCC3(CC2)C(=O)N(CCNS(C)(=O)=O)Cc2ccccc23)CC1. The lowest BCUT2D eigenvalue weighted by molar-refractivity contribution is -0.142. The number of rotatable bonds is 6. The fourth-order valence-corrected chi connectivity index (χ4v) is 6.72. The van der Waals surface area contributed by atoms with Crippen molar-refractivity contribution in [2.75, 3.05) is 32.4 Å². The van der Waals surface area contributed by atoms with Gasteiger partial charge >= 0.3 is 0 Å². The zero-order valence-electron chi connectivity index (χ0n) is 19.8. The first-order chi connectivity index (χ1) is 15.2. The molecule has 7 heteroatoms. The number of carbonyl (C=O) groups excluding carboxylic acids is 1. The molecule has 2 aliphatic heterocycles. The second-order valence-corrected chi connectivity index (χ2v) is 12.3. The smallest absolute Gasteiger partial charge is 0.233 e. The molecule has 32 heavy (non-hydrogen) atoms. The summed E-state index contributed by atoms with van der Waals surface area (Å²) in [5.41, 5.74) is 1.93. The minimum atomic E-state index is -3.26. The average Bonchev–Trinajstić information content (AvgIpc) is 2.77. The number of hydrogen-bond acceptors (Lipinski definition) is 4. The van der Waals surface area contributed by atoms with Crippen LogP contribution in [0.3, 0.4) is 0 Å². The number of amides is 1. The van der Waals surface area contributed by atoms with Crippen LogP contribution >= 0.6 is 0 Å². The van der Waals surface area contributed by atoms with Gasteiger partial charge in [-0.15, -0.1) is 0 Å². The van der Waals surface area contributed by atoms with E-state index in [4.69, 9.17) is 0 Å². The highest BCUT2D eigenvalue weighted by Gasteiger charge is 2.49. The van der Waals surface area contributed by atoms with E-state index in [2.05, 4.69) is 35.6 Å². The minimum absolute atomic E-state index is 0.176. The highest BCUT2D eigenvalue weighted by Crippen LogP contribution is 2.44. The Morgan fingerprint density at radius 3 is 2.38 bits per heavy atom. The fraction of sp³-hybridized carbons (Fsp3) is 0.720. The number of carbonyl (C=O) groups is 1. The fourth-order valence-electron chi connectivity index (χ4n) is 6.25. The molecule has 0 radical (unpaired) electrons. The first kappa shape index (κ1) is 23.7. The number of benzene rings is 1. The number of sulfonamides is 1. The maximum absolute atomic E-state index is 13.8. The number of nitrogens with zero attached hydrogens (tertiary/aromatic N) is 2. The lowest BCUT2D eigenvalue weighted by atomic mass is 9.67. The van der Waals surface area contributed by atoms with Gasteiger partial charge in [0.1, 0.15) is 0 Å². The summed E-state index contributed by atoms with van der Waals surface area (Å²) in [7, 11) is -3.26. The molecule has 178 valence electrons. The second-order valence-electron chi connectivity index (χ2n) is 10.5. The van der Waals surface area contributed by atoms with Crippen LogP contribution in [0.25, 0.3) is 0 Å². The van der Waals surface area contributed by atoms with Crippen molar-refractivity contribution < 1.29 is 13.2 Å². The lowest BCUT2D eigenvalue weighted by Gasteiger charge is -2.49. The van der Waals surface area contributed by atoms with Crippen molar-refractivity contribution in [1.29, 1.82) is 0 Å². The summed E-state index contributed by atoms with van der Waals surface area (Å²) >= 11 is 0. The first-order valence-corrected chi connectivity index (χ1v) is 14.2. The summed E-state index contributed by atoms with van der Waals surface area (Å²) in [4.78, 5) is 18.3. The Bertz CT molecular complexity index is 914. The van der Waals surface area contributed by atoms with E-state index in [1.165, 1.54) is 36.8 Å². The highest BCUT2D eigenvalue weighted by atomic mass is 32.2. The minimum Gasteiger partial charge on any atom is -0.336 e. The maximum atomic E-state index is 13.8. The van der Waals surface area contributed by atoms with Crippen molar-refractivity contribution in [3.05, 3.63) is 35.4 Å². The molecule has 0 bridgehead atoms. The van der Waals surface area contributed by atoms with Gasteiger partial charge in [-0.25, -0.2) is 13.1 Å². The third kappa shape index (κ3) is 4.90. The second kappa shape index (κ2) is 9.43. The Morgan fingerprint density at radius 1 is 1.09 bits per heavy atom. The Balaban J connectivity index is 1.46. The van der Waals surface area contributed by atoms with Gasteiger partial charge in [0.05, 0.1) is 11.7 Å². The van der Waals surface area contributed by atoms with Crippen LogP contribution in [0.2, 0.25) is 0 Å². The van der Waals surface area contributed by atoms with Crippen LogP contribution < -0.4 is 4.72 Å². The van der Waals surface area contributed by atoms with Crippen LogP contribution in [0.1, 0.15) is 63.5 Å². The van der Waals surface area contributed by atoms with Gasteiger partial charge in [0.2, 0.25) is 15.9 Å². The van der Waals surface area contributed by atoms with Crippen LogP contribution in [0.15, 0.2) is 24.3 Å². The van der Waals surface area contributed by atoms with Gasteiger partial charge in [-0.3, -0.25) is 4.79 Å². The topological polar surface area (TPSA) is 69.7 Å². The van der Waals surface area contributed by atoms with Gasteiger partial charge in [0, 0.05) is 25.7 Å². The molecule has 6 nitrogen and oxygen atoms in total. The molecular formula is C25H39N3O3S. The third-order valence-electron chi connectivity index (χ3n) is 8.19. The number of nitrogens with one attached hydrogen (secondary N) is 1. The molecule has 0 unspecified atom stereocenters. The lowest BCUT2D eigenvalue weighted by Crippen LogP contribution is -2.58. The van der Waals surface area contributed by atoms with E-state index in [1.807, 2.05) is 17.0 Å². The van der Waals surface area contributed by atoms with E-state index >= 15 is 0 Å². The van der Waals surface area contributed by atoms with Gasteiger partial charge in [0.25, 0.3) is 0 Å². The van der Waals surface area contributed by atoms with E-state index in [9.17, 15) is 13.2 Å². The predicted molar refractivity (Wildman–Crippen MR) is 128 cm³/mol. The Labute approximate surface area is 193 Å². The molecule has 0 atom stereocenters. The molecule has 4 rings (SSSR count). The molecule has 0 aromatic heterocycles. The van der Waals surface area contributed by atoms with E-state index in [-0.39, 0.29) is 12.5 Å². The van der Waals surface area contributed by atoms with Gasteiger partial charge in [-0.05, 0) is 74.6 Å². The molecule has 1 N–H and O–H groups in total. The Kier molecular flexibility index (Phi) is 6.99. The van der Waals surface area contributed by atoms with Crippen molar-refractivity contribution in [2.24, 2.45) is 11.8 Å². The van der Waals surface area contributed by atoms with Crippen LogP contribution in [0.4, 0.5) is 0 Å². The summed E-state index contributed by atoms with van der Waals surface area (Å²) in [5, 5.41) is 0.